The molecule has 0 radical (unpaired) electrons. The number of pyridine rings is 1. The van der Waals surface area contributed by atoms with Crippen LogP contribution in [-0.4, -0.2) is 26.4 Å². The van der Waals surface area contributed by atoms with Crippen LogP contribution in [0.25, 0.3) is 0 Å². The zero-order valence-electron chi connectivity index (χ0n) is 15.1. The summed E-state index contributed by atoms with van der Waals surface area (Å²) >= 11 is 0. The average molecular weight is 401 g/mol. The molecule has 0 fully saturated rings. The lowest BCUT2D eigenvalue weighted by atomic mass is 10.2. The van der Waals surface area contributed by atoms with Gasteiger partial charge >= 0.3 is 0 Å². The minimum atomic E-state index is -3.73. The largest absolute Gasteiger partial charge is 0.473 e. The summed E-state index contributed by atoms with van der Waals surface area (Å²) in [5.41, 5.74) is 1.80. The predicted octanol–water partition coefficient (Wildman–Crippen LogP) is 2.09. The van der Waals surface area contributed by atoms with Crippen LogP contribution in [-0.2, 0) is 23.2 Å². The quantitative estimate of drug-likeness (QED) is 0.598. The molecular formula is C19H19N3O5S. The number of hydrogen-bond donors (Lipinski definition) is 2. The van der Waals surface area contributed by atoms with Gasteiger partial charge in [0.2, 0.25) is 11.0 Å². The topological polar surface area (TPSA) is 111 Å². The SMILES string of the molecule is CNS(=O)(=O)c1ccc(C(=O)NCc2ccnc(OCc3ccccc3)c2)o1. The van der Waals surface area contributed by atoms with Gasteiger partial charge in [0.1, 0.15) is 6.61 Å². The minimum Gasteiger partial charge on any atom is -0.473 e. The number of furan rings is 1. The Bertz CT molecular complexity index is 1050. The number of aromatic nitrogens is 1. The molecule has 0 saturated heterocycles. The van der Waals surface area contributed by atoms with E-state index in [0.29, 0.717) is 12.5 Å². The van der Waals surface area contributed by atoms with Crippen molar-refractivity contribution in [3.05, 3.63) is 77.7 Å². The van der Waals surface area contributed by atoms with Gasteiger partial charge in [0.25, 0.3) is 15.9 Å². The van der Waals surface area contributed by atoms with Gasteiger partial charge in [-0.15, -0.1) is 0 Å². The van der Waals surface area contributed by atoms with Gasteiger partial charge in [-0.05, 0) is 36.4 Å². The Morgan fingerprint density at radius 2 is 1.89 bits per heavy atom. The minimum absolute atomic E-state index is 0.0940. The van der Waals surface area contributed by atoms with E-state index in [1.807, 2.05) is 30.3 Å². The fourth-order valence-corrected chi connectivity index (χ4v) is 2.98. The summed E-state index contributed by atoms with van der Waals surface area (Å²) in [5, 5.41) is 2.35. The highest BCUT2D eigenvalue weighted by molar-refractivity contribution is 7.89. The van der Waals surface area contributed by atoms with E-state index in [4.69, 9.17) is 9.15 Å². The zero-order chi connectivity index (χ0) is 20.0. The van der Waals surface area contributed by atoms with Crippen LogP contribution in [0.1, 0.15) is 21.7 Å². The number of carbonyl (C=O) groups excluding carboxylic acids is 1. The van der Waals surface area contributed by atoms with Crippen molar-refractivity contribution >= 4 is 15.9 Å². The van der Waals surface area contributed by atoms with Crippen molar-refractivity contribution < 1.29 is 22.4 Å². The first-order chi connectivity index (χ1) is 13.5. The molecule has 0 bridgehead atoms. The fourth-order valence-electron chi connectivity index (χ4n) is 2.33. The van der Waals surface area contributed by atoms with Crippen molar-refractivity contribution in [1.29, 1.82) is 0 Å². The maximum atomic E-state index is 12.2. The molecule has 28 heavy (non-hydrogen) atoms. The van der Waals surface area contributed by atoms with E-state index >= 15 is 0 Å². The lowest BCUT2D eigenvalue weighted by molar-refractivity contribution is 0.0917. The molecule has 0 aliphatic rings. The molecule has 3 aromatic rings. The number of rotatable bonds is 8. The summed E-state index contributed by atoms with van der Waals surface area (Å²) in [6.07, 6.45) is 1.59. The Balaban J connectivity index is 1.58. The van der Waals surface area contributed by atoms with Crippen LogP contribution in [0.2, 0.25) is 0 Å². The first kappa shape index (κ1) is 19.6. The van der Waals surface area contributed by atoms with E-state index in [1.165, 1.54) is 19.2 Å². The van der Waals surface area contributed by atoms with Gasteiger partial charge in [-0.2, -0.15) is 0 Å². The molecule has 0 unspecified atom stereocenters. The van der Waals surface area contributed by atoms with Gasteiger partial charge in [-0.25, -0.2) is 18.1 Å². The molecule has 2 aromatic heterocycles. The van der Waals surface area contributed by atoms with Crippen LogP contribution < -0.4 is 14.8 Å². The Morgan fingerprint density at radius 3 is 2.64 bits per heavy atom. The lowest BCUT2D eigenvalue weighted by Crippen LogP contribution is -2.22. The Kier molecular flexibility index (Phi) is 6.07. The zero-order valence-corrected chi connectivity index (χ0v) is 15.9. The Hall–Kier alpha value is -3.17. The summed E-state index contributed by atoms with van der Waals surface area (Å²) in [4.78, 5) is 16.3. The normalized spacial score (nSPS) is 11.2. The molecule has 9 heteroatoms. The summed E-state index contributed by atoms with van der Waals surface area (Å²) in [5.74, 6) is -0.180. The van der Waals surface area contributed by atoms with Gasteiger partial charge in [-0.3, -0.25) is 4.79 Å². The first-order valence-electron chi connectivity index (χ1n) is 8.41. The standard InChI is InChI=1S/C19H19N3O5S/c1-20-28(24,25)18-8-7-16(27-18)19(23)22-12-15-9-10-21-17(11-15)26-13-14-5-3-2-4-6-14/h2-11,20H,12-13H2,1H3,(H,22,23). The summed E-state index contributed by atoms with van der Waals surface area (Å²) in [7, 11) is -2.47. The monoisotopic (exact) mass is 401 g/mol. The molecule has 0 atom stereocenters. The van der Waals surface area contributed by atoms with Crippen molar-refractivity contribution in [3.8, 4) is 5.88 Å². The van der Waals surface area contributed by atoms with Gasteiger partial charge in [0, 0.05) is 18.8 Å². The van der Waals surface area contributed by atoms with E-state index < -0.39 is 15.9 Å². The van der Waals surface area contributed by atoms with Crippen molar-refractivity contribution in [2.75, 3.05) is 7.05 Å². The average Bonchev–Trinajstić information content (AvgIpc) is 3.23. The van der Waals surface area contributed by atoms with E-state index in [2.05, 4.69) is 15.0 Å². The Morgan fingerprint density at radius 1 is 1.11 bits per heavy atom. The highest BCUT2D eigenvalue weighted by atomic mass is 32.2. The van der Waals surface area contributed by atoms with Crippen LogP contribution in [0.15, 0.2) is 70.3 Å². The molecule has 1 amide bonds. The first-order valence-corrected chi connectivity index (χ1v) is 9.89. The molecule has 1 aromatic carbocycles. The molecule has 8 nitrogen and oxygen atoms in total. The Labute approximate surface area is 162 Å². The summed E-state index contributed by atoms with van der Waals surface area (Å²) in [6.45, 7) is 0.594. The van der Waals surface area contributed by atoms with Crippen molar-refractivity contribution in [2.24, 2.45) is 0 Å². The number of nitrogens with one attached hydrogen (secondary N) is 2. The van der Waals surface area contributed by atoms with Crippen molar-refractivity contribution in [1.82, 2.24) is 15.0 Å². The number of amides is 1. The van der Waals surface area contributed by atoms with E-state index in [-0.39, 0.29) is 17.4 Å². The number of carbonyl (C=O) groups is 1. The van der Waals surface area contributed by atoms with Gasteiger partial charge < -0.3 is 14.5 Å². The van der Waals surface area contributed by atoms with Crippen LogP contribution in [0.3, 0.4) is 0 Å². The van der Waals surface area contributed by atoms with Gasteiger partial charge in [-0.1, -0.05) is 30.3 Å². The number of hydrogen-bond acceptors (Lipinski definition) is 6. The maximum Gasteiger partial charge on any atom is 0.287 e. The third-order valence-electron chi connectivity index (χ3n) is 3.82. The third kappa shape index (κ3) is 4.96. The molecule has 2 N–H and O–H groups in total. The van der Waals surface area contributed by atoms with Gasteiger partial charge in [0.05, 0.1) is 0 Å². The molecule has 2 heterocycles. The van der Waals surface area contributed by atoms with E-state index in [0.717, 1.165) is 11.1 Å². The highest BCUT2D eigenvalue weighted by Gasteiger charge is 2.19. The van der Waals surface area contributed by atoms with Crippen molar-refractivity contribution in [2.45, 2.75) is 18.2 Å². The molecule has 0 aliphatic heterocycles. The number of benzene rings is 1. The highest BCUT2D eigenvalue weighted by Crippen LogP contribution is 2.15. The van der Waals surface area contributed by atoms with Gasteiger partial charge in [0.15, 0.2) is 5.76 Å². The fraction of sp³-hybridized carbons (Fsp3) is 0.158. The molecule has 0 saturated carbocycles. The number of nitrogens with zero attached hydrogens (tertiary/aromatic N) is 1. The molecule has 146 valence electrons. The molecule has 0 spiro atoms. The van der Waals surface area contributed by atoms with Crippen LogP contribution >= 0.6 is 0 Å². The lowest BCUT2D eigenvalue weighted by Gasteiger charge is -2.08. The predicted molar refractivity (Wildman–Crippen MR) is 101 cm³/mol. The second kappa shape index (κ2) is 8.68. The van der Waals surface area contributed by atoms with E-state index in [9.17, 15) is 13.2 Å². The molecule has 0 aliphatic carbocycles. The number of sulfonamides is 1. The third-order valence-corrected chi connectivity index (χ3v) is 5.11. The second-order valence-electron chi connectivity index (χ2n) is 5.79. The summed E-state index contributed by atoms with van der Waals surface area (Å²) in [6, 6.07) is 15.7. The summed E-state index contributed by atoms with van der Waals surface area (Å²) < 4.78 is 36.2. The molecule has 3 rings (SSSR count). The van der Waals surface area contributed by atoms with Crippen LogP contribution in [0.4, 0.5) is 0 Å². The molecular weight excluding hydrogens is 382 g/mol. The van der Waals surface area contributed by atoms with E-state index in [1.54, 1.807) is 18.3 Å². The maximum absolute atomic E-state index is 12.2. The van der Waals surface area contributed by atoms with Crippen LogP contribution in [0.5, 0.6) is 5.88 Å². The second-order valence-corrected chi connectivity index (χ2v) is 7.60. The number of ether oxygens (including phenoxy) is 1. The smallest absolute Gasteiger partial charge is 0.287 e. The van der Waals surface area contributed by atoms with Crippen LogP contribution in [0, 0.1) is 0 Å². The van der Waals surface area contributed by atoms with Crippen molar-refractivity contribution in [3.63, 3.8) is 0 Å².